The van der Waals surface area contributed by atoms with Crippen LogP contribution in [0.3, 0.4) is 0 Å². The molecule has 1 amide bonds. The molecule has 0 aromatic carbocycles. The van der Waals surface area contributed by atoms with Crippen LogP contribution in [0.25, 0.3) is 0 Å². The van der Waals surface area contributed by atoms with E-state index in [4.69, 9.17) is 10.5 Å². The molecule has 0 saturated carbocycles. The van der Waals surface area contributed by atoms with E-state index >= 15 is 0 Å². The number of hydrogen-bond donors (Lipinski definition) is 2. The number of carbonyl (C=O) groups is 1. The summed E-state index contributed by atoms with van der Waals surface area (Å²) in [5, 5.41) is 2.82. The van der Waals surface area contributed by atoms with Crippen LogP contribution in [0.5, 0.6) is 0 Å². The largest absolute Gasteiger partial charge is 0.384 e. The molecule has 0 aliphatic rings. The lowest BCUT2D eigenvalue weighted by Gasteiger charge is -2.10. The molecule has 0 radical (unpaired) electrons. The summed E-state index contributed by atoms with van der Waals surface area (Å²) in [5.41, 5.74) is 7.10. The quantitative estimate of drug-likeness (QED) is 0.750. The molecular weight excluding hydrogens is 254 g/mol. The standard InChI is InChI=1S/C15H25N3O2/c1-10(2)9-20-6-5-17-15(19)12-7-13(11(3)4)18-14(16)8-12/h7-8,10-11H,5-6,9H2,1-4H3,(H2,16,18)(H,17,19). The highest BCUT2D eigenvalue weighted by Gasteiger charge is 2.10. The predicted octanol–water partition coefficient (Wildman–Crippen LogP) is 2.19. The first kappa shape index (κ1) is 16.4. The average Bonchev–Trinajstić information content (AvgIpc) is 2.36. The summed E-state index contributed by atoms with van der Waals surface area (Å²) in [5.74, 6) is 0.963. The number of rotatable bonds is 7. The van der Waals surface area contributed by atoms with Crippen molar-refractivity contribution in [1.29, 1.82) is 0 Å². The van der Waals surface area contributed by atoms with Gasteiger partial charge in [0.05, 0.1) is 6.61 Å². The molecule has 3 N–H and O–H groups in total. The zero-order valence-electron chi connectivity index (χ0n) is 12.8. The lowest BCUT2D eigenvalue weighted by atomic mass is 10.1. The van der Waals surface area contributed by atoms with Gasteiger partial charge in [0, 0.05) is 24.4 Å². The van der Waals surface area contributed by atoms with Crippen molar-refractivity contribution in [3.05, 3.63) is 23.4 Å². The number of ether oxygens (including phenoxy) is 1. The summed E-state index contributed by atoms with van der Waals surface area (Å²) in [6.45, 7) is 9.92. The topological polar surface area (TPSA) is 77.2 Å². The summed E-state index contributed by atoms with van der Waals surface area (Å²) in [6.07, 6.45) is 0. The minimum absolute atomic E-state index is 0.144. The normalized spacial score (nSPS) is 11.1. The van der Waals surface area contributed by atoms with Gasteiger partial charge < -0.3 is 15.8 Å². The van der Waals surface area contributed by atoms with Crippen LogP contribution < -0.4 is 11.1 Å². The second-order valence-electron chi connectivity index (χ2n) is 5.58. The zero-order valence-corrected chi connectivity index (χ0v) is 12.8. The van der Waals surface area contributed by atoms with Crippen LogP contribution in [0.1, 0.15) is 49.7 Å². The number of nitrogens with zero attached hydrogens (tertiary/aromatic N) is 1. The lowest BCUT2D eigenvalue weighted by molar-refractivity contribution is 0.0886. The highest BCUT2D eigenvalue weighted by atomic mass is 16.5. The maximum Gasteiger partial charge on any atom is 0.251 e. The molecule has 1 rings (SSSR count). The van der Waals surface area contributed by atoms with E-state index in [9.17, 15) is 4.79 Å². The average molecular weight is 279 g/mol. The van der Waals surface area contributed by atoms with Gasteiger partial charge in [-0.15, -0.1) is 0 Å². The first-order valence-corrected chi connectivity index (χ1v) is 7.03. The maximum absolute atomic E-state index is 12.0. The number of nitrogen functional groups attached to an aromatic ring is 1. The Kier molecular flexibility index (Phi) is 6.45. The molecule has 5 heteroatoms. The van der Waals surface area contributed by atoms with Gasteiger partial charge in [-0.1, -0.05) is 27.7 Å². The molecule has 0 unspecified atom stereocenters. The number of pyridine rings is 1. The van der Waals surface area contributed by atoms with Crippen molar-refractivity contribution >= 4 is 11.7 Å². The van der Waals surface area contributed by atoms with Gasteiger partial charge in [-0.25, -0.2) is 4.98 Å². The Balaban J connectivity index is 2.51. The molecule has 0 atom stereocenters. The molecule has 5 nitrogen and oxygen atoms in total. The van der Waals surface area contributed by atoms with E-state index in [2.05, 4.69) is 24.1 Å². The molecule has 1 aromatic heterocycles. The number of anilines is 1. The number of nitrogens with one attached hydrogen (secondary N) is 1. The van der Waals surface area contributed by atoms with Gasteiger partial charge in [0.1, 0.15) is 5.82 Å². The Labute approximate surface area is 120 Å². The van der Waals surface area contributed by atoms with Crippen molar-refractivity contribution in [3.8, 4) is 0 Å². The Morgan fingerprint density at radius 1 is 1.35 bits per heavy atom. The summed E-state index contributed by atoms with van der Waals surface area (Å²) >= 11 is 0. The minimum atomic E-state index is -0.144. The van der Waals surface area contributed by atoms with Crippen molar-refractivity contribution in [2.75, 3.05) is 25.5 Å². The minimum Gasteiger partial charge on any atom is -0.384 e. The van der Waals surface area contributed by atoms with Gasteiger partial charge in [0.15, 0.2) is 0 Å². The summed E-state index contributed by atoms with van der Waals surface area (Å²) in [7, 11) is 0. The molecule has 0 saturated heterocycles. The third-order valence-corrected chi connectivity index (χ3v) is 2.70. The molecule has 0 bridgehead atoms. The predicted molar refractivity (Wildman–Crippen MR) is 80.7 cm³/mol. The van der Waals surface area contributed by atoms with E-state index in [0.29, 0.717) is 37.1 Å². The van der Waals surface area contributed by atoms with Gasteiger partial charge in [-0.3, -0.25) is 4.79 Å². The number of hydrogen-bond acceptors (Lipinski definition) is 4. The van der Waals surface area contributed by atoms with Gasteiger partial charge in [-0.05, 0) is 24.0 Å². The van der Waals surface area contributed by atoms with Crippen LogP contribution in [-0.2, 0) is 4.74 Å². The molecule has 1 aromatic rings. The molecule has 0 spiro atoms. The fraction of sp³-hybridized carbons (Fsp3) is 0.600. The van der Waals surface area contributed by atoms with Gasteiger partial charge in [0.25, 0.3) is 5.91 Å². The van der Waals surface area contributed by atoms with E-state index in [0.717, 1.165) is 5.69 Å². The molecule has 0 aliphatic carbocycles. The van der Waals surface area contributed by atoms with Crippen molar-refractivity contribution in [2.45, 2.75) is 33.6 Å². The van der Waals surface area contributed by atoms with Crippen molar-refractivity contribution in [3.63, 3.8) is 0 Å². The van der Waals surface area contributed by atoms with Gasteiger partial charge >= 0.3 is 0 Å². The number of amides is 1. The van der Waals surface area contributed by atoms with Crippen molar-refractivity contribution < 1.29 is 9.53 Å². The van der Waals surface area contributed by atoms with Gasteiger partial charge in [0.2, 0.25) is 0 Å². The third kappa shape index (κ3) is 5.57. The van der Waals surface area contributed by atoms with Crippen LogP contribution in [0.15, 0.2) is 12.1 Å². The second kappa shape index (κ2) is 7.85. The third-order valence-electron chi connectivity index (χ3n) is 2.70. The van der Waals surface area contributed by atoms with Crippen LogP contribution in [0.2, 0.25) is 0 Å². The van der Waals surface area contributed by atoms with Crippen molar-refractivity contribution in [2.24, 2.45) is 5.92 Å². The SMILES string of the molecule is CC(C)COCCNC(=O)c1cc(N)nc(C(C)C)c1. The fourth-order valence-corrected chi connectivity index (χ4v) is 1.66. The number of carbonyl (C=O) groups excluding carboxylic acids is 1. The van der Waals surface area contributed by atoms with Crippen LogP contribution in [-0.4, -0.2) is 30.6 Å². The maximum atomic E-state index is 12.0. The van der Waals surface area contributed by atoms with Gasteiger partial charge in [-0.2, -0.15) is 0 Å². The summed E-state index contributed by atoms with van der Waals surface area (Å²) < 4.78 is 5.42. The Morgan fingerprint density at radius 3 is 2.65 bits per heavy atom. The number of nitrogens with two attached hydrogens (primary N) is 1. The highest BCUT2D eigenvalue weighted by Crippen LogP contribution is 2.15. The van der Waals surface area contributed by atoms with E-state index in [1.165, 1.54) is 0 Å². The van der Waals surface area contributed by atoms with Crippen LogP contribution in [0.4, 0.5) is 5.82 Å². The number of aromatic nitrogens is 1. The lowest BCUT2D eigenvalue weighted by Crippen LogP contribution is -2.28. The first-order valence-electron chi connectivity index (χ1n) is 7.03. The van der Waals surface area contributed by atoms with Crippen LogP contribution >= 0.6 is 0 Å². The molecule has 1 heterocycles. The second-order valence-corrected chi connectivity index (χ2v) is 5.58. The summed E-state index contributed by atoms with van der Waals surface area (Å²) in [4.78, 5) is 16.2. The smallest absolute Gasteiger partial charge is 0.251 e. The van der Waals surface area contributed by atoms with E-state index in [1.807, 2.05) is 13.8 Å². The van der Waals surface area contributed by atoms with E-state index < -0.39 is 0 Å². The van der Waals surface area contributed by atoms with Crippen LogP contribution in [0, 0.1) is 5.92 Å². The first-order chi connectivity index (χ1) is 9.40. The summed E-state index contributed by atoms with van der Waals surface area (Å²) in [6, 6.07) is 3.38. The Hall–Kier alpha value is -1.62. The highest BCUT2D eigenvalue weighted by molar-refractivity contribution is 5.94. The molecule has 0 aliphatic heterocycles. The molecule has 0 fully saturated rings. The fourth-order valence-electron chi connectivity index (χ4n) is 1.66. The Morgan fingerprint density at radius 2 is 2.05 bits per heavy atom. The van der Waals surface area contributed by atoms with Crippen molar-refractivity contribution in [1.82, 2.24) is 10.3 Å². The monoisotopic (exact) mass is 279 g/mol. The molecular formula is C15H25N3O2. The molecule has 20 heavy (non-hydrogen) atoms. The molecule has 112 valence electrons. The van der Waals surface area contributed by atoms with E-state index in [-0.39, 0.29) is 11.8 Å². The Bertz CT molecular complexity index is 445. The van der Waals surface area contributed by atoms with E-state index in [1.54, 1.807) is 12.1 Å². The zero-order chi connectivity index (χ0) is 15.1.